The van der Waals surface area contributed by atoms with E-state index in [1.807, 2.05) is 6.92 Å². The van der Waals surface area contributed by atoms with Gasteiger partial charge in [0.05, 0.1) is 0 Å². The van der Waals surface area contributed by atoms with Crippen LogP contribution in [0.4, 0.5) is 0 Å². The number of halogens is 1. The van der Waals surface area contributed by atoms with Crippen LogP contribution in [0.5, 0.6) is 0 Å². The maximum Gasteiger partial charge on any atom is 0.0366 e. The fourth-order valence-electron chi connectivity index (χ4n) is 0.730. The molecule has 0 nitrogen and oxygen atoms in total. The minimum Gasteiger partial charge on any atom is -0.0847 e. The Balaban J connectivity index is 4.49. The van der Waals surface area contributed by atoms with Crippen LogP contribution in [-0.2, 0) is 0 Å². The first-order chi connectivity index (χ1) is 5.11. The third-order valence-corrected chi connectivity index (χ3v) is 1.83. The molecule has 1 heteroatoms. The van der Waals surface area contributed by atoms with Crippen molar-refractivity contribution in [3.63, 3.8) is 0 Å². The van der Waals surface area contributed by atoms with Gasteiger partial charge >= 0.3 is 0 Å². The lowest BCUT2D eigenvalue weighted by Crippen LogP contribution is -1.80. The molecule has 0 atom stereocenters. The van der Waals surface area contributed by atoms with Gasteiger partial charge in [-0.15, -0.1) is 0 Å². The Kier molecular flexibility index (Phi) is 4.97. The topological polar surface area (TPSA) is 0 Å². The first-order valence-electron chi connectivity index (χ1n) is 3.80. The molecule has 0 aliphatic heterocycles. The number of allylic oxidation sites excluding steroid dienone is 5. The Hall–Kier alpha value is -0.490. The van der Waals surface area contributed by atoms with Gasteiger partial charge in [0.1, 0.15) is 0 Å². The van der Waals surface area contributed by atoms with Crippen molar-refractivity contribution >= 4 is 11.6 Å². The molecule has 0 fully saturated rings. The molecule has 0 amide bonds. The molecule has 0 saturated carbocycles. The van der Waals surface area contributed by atoms with Crippen molar-refractivity contribution in [1.82, 2.24) is 0 Å². The highest BCUT2D eigenvalue weighted by atomic mass is 35.5. The standard InChI is InChI=1S/C10H15Cl/c1-5-8(3)7-10(6-2)9(4)11/h5,7H,4,6H2,1-3H3/b8-5-,10-7-. The van der Waals surface area contributed by atoms with E-state index < -0.39 is 0 Å². The monoisotopic (exact) mass is 170 g/mol. The zero-order chi connectivity index (χ0) is 8.85. The average Bonchev–Trinajstić information content (AvgIpc) is 1.99. The molecule has 0 spiro atoms. The van der Waals surface area contributed by atoms with Gasteiger partial charge in [-0.25, -0.2) is 0 Å². The van der Waals surface area contributed by atoms with Crippen LogP contribution in [0.25, 0.3) is 0 Å². The smallest absolute Gasteiger partial charge is 0.0366 e. The normalized spacial score (nSPS) is 13.5. The minimum atomic E-state index is 0.647. The molecule has 0 radical (unpaired) electrons. The lowest BCUT2D eigenvalue weighted by Gasteiger charge is -2.00. The summed E-state index contributed by atoms with van der Waals surface area (Å²) in [5.41, 5.74) is 2.34. The highest BCUT2D eigenvalue weighted by Gasteiger charge is 1.95. The molecule has 0 rings (SSSR count). The van der Waals surface area contributed by atoms with Gasteiger partial charge in [-0.05, 0) is 25.8 Å². The number of hydrogen-bond donors (Lipinski definition) is 0. The zero-order valence-corrected chi connectivity index (χ0v) is 8.20. The molecular formula is C10H15Cl. The fraction of sp³-hybridized carbons (Fsp3) is 0.400. The van der Waals surface area contributed by atoms with Crippen LogP contribution in [0, 0.1) is 0 Å². The lowest BCUT2D eigenvalue weighted by molar-refractivity contribution is 1.13. The molecule has 62 valence electrons. The maximum atomic E-state index is 5.76. The van der Waals surface area contributed by atoms with E-state index in [0.29, 0.717) is 5.03 Å². The zero-order valence-electron chi connectivity index (χ0n) is 7.45. The van der Waals surface area contributed by atoms with Crippen LogP contribution >= 0.6 is 11.6 Å². The van der Waals surface area contributed by atoms with E-state index in [9.17, 15) is 0 Å². The van der Waals surface area contributed by atoms with Crippen LogP contribution in [0.1, 0.15) is 27.2 Å². The molecule has 11 heavy (non-hydrogen) atoms. The van der Waals surface area contributed by atoms with Crippen molar-refractivity contribution in [1.29, 1.82) is 0 Å². The van der Waals surface area contributed by atoms with Crippen molar-refractivity contribution in [3.05, 3.63) is 34.9 Å². The van der Waals surface area contributed by atoms with Gasteiger partial charge in [0.15, 0.2) is 0 Å². The Morgan fingerprint density at radius 3 is 2.36 bits per heavy atom. The predicted octanol–water partition coefficient (Wildman–Crippen LogP) is 4.04. The summed E-state index contributed by atoms with van der Waals surface area (Å²) in [5.74, 6) is 0. The Bertz CT molecular complexity index is 197. The number of hydrogen-bond acceptors (Lipinski definition) is 0. The molecule has 0 aliphatic rings. The van der Waals surface area contributed by atoms with Gasteiger partial charge in [0.2, 0.25) is 0 Å². The van der Waals surface area contributed by atoms with E-state index in [1.54, 1.807) is 0 Å². The highest BCUT2D eigenvalue weighted by Crippen LogP contribution is 2.17. The van der Waals surface area contributed by atoms with Crippen LogP contribution in [0.3, 0.4) is 0 Å². The third kappa shape index (κ3) is 4.05. The quantitative estimate of drug-likeness (QED) is 0.561. The van der Waals surface area contributed by atoms with E-state index in [2.05, 4.69) is 32.6 Å². The summed E-state index contributed by atoms with van der Waals surface area (Å²) in [7, 11) is 0. The Morgan fingerprint density at radius 2 is 2.09 bits per heavy atom. The van der Waals surface area contributed by atoms with Gasteiger partial charge < -0.3 is 0 Å². The van der Waals surface area contributed by atoms with Crippen LogP contribution in [0.2, 0.25) is 0 Å². The summed E-state index contributed by atoms with van der Waals surface area (Å²) in [6, 6.07) is 0. The third-order valence-electron chi connectivity index (χ3n) is 1.59. The second-order valence-corrected chi connectivity index (χ2v) is 2.92. The van der Waals surface area contributed by atoms with E-state index in [4.69, 9.17) is 11.6 Å². The van der Waals surface area contributed by atoms with Gasteiger partial charge in [-0.3, -0.25) is 0 Å². The molecule has 0 aromatic rings. The second-order valence-electron chi connectivity index (χ2n) is 2.46. The Morgan fingerprint density at radius 1 is 1.55 bits per heavy atom. The molecule has 0 unspecified atom stereocenters. The summed E-state index contributed by atoms with van der Waals surface area (Å²) in [4.78, 5) is 0. The van der Waals surface area contributed by atoms with Crippen molar-refractivity contribution in [2.75, 3.05) is 0 Å². The van der Waals surface area contributed by atoms with E-state index in [1.165, 1.54) is 5.57 Å². The summed E-state index contributed by atoms with van der Waals surface area (Å²) < 4.78 is 0. The second kappa shape index (κ2) is 5.20. The van der Waals surface area contributed by atoms with Gasteiger partial charge in [-0.2, -0.15) is 0 Å². The predicted molar refractivity (Wildman–Crippen MR) is 52.8 cm³/mol. The first kappa shape index (κ1) is 10.5. The van der Waals surface area contributed by atoms with Crippen LogP contribution < -0.4 is 0 Å². The van der Waals surface area contributed by atoms with Crippen molar-refractivity contribution in [3.8, 4) is 0 Å². The van der Waals surface area contributed by atoms with Crippen LogP contribution in [0.15, 0.2) is 34.9 Å². The SMILES string of the molecule is C=C(Cl)/C(=C\C(C)=C/C)CC. The highest BCUT2D eigenvalue weighted by molar-refractivity contribution is 6.31. The lowest BCUT2D eigenvalue weighted by atomic mass is 10.1. The number of rotatable bonds is 3. The van der Waals surface area contributed by atoms with Gasteiger partial charge in [-0.1, -0.05) is 42.8 Å². The van der Waals surface area contributed by atoms with Crippen molar-refractivity contribution < 1.29 is 0 Å². The van der Waals surface area contributed by atoms with Crippen molar-refractivity contribution in [2.45, 2.75) is 27.2 Å². The Labute approximate surface area is 74.3 Å². The molecule has 0 aromatic heterocycles. The summed E-state index contributed by atoms with van der Waals surface area (Å²) in [6.45, 7) is 9.82. The molecule has 0 aromatic carbocycles. The van der Waals surface area contributed by atoms with E-state index >= 15 is 0 Å². The van der Waals surface area contributed by atoms with Crippen LogP contribution in [-0.4, -0.2) is 0 Å². The molecule has 0 heterocycles. The maximum absolute atomic E-state index is 5.76. The van der Waals surface area contributed by atoms with Crippen molar-refractivity contribution in [2.24, 2.45) is 0 Å². The molecule has 0 N–H and O–H groups in total. The average molecular weight is 171 g/mol. The first-order valence-corrected chi connectivity index (χ1v) is 4.17. The van der Waals surface area contributed by atoms with E-state index in [0.717, 1.165) is 12.0 Å². The summed E-state index contributed by atoms with van der Waals surface area (Å²) >= 11 is 5.76. The van der Waals surface area contributed by atoms with Gasteiger partial charge in [0, 0.05) is 5.03 Å². The minimum absolute atomic E-state index is 0.647. The molecular weight excluding hydrogens is 156 g/mol. The summed E-state index contributed by atoms with van der Waals surface area (Å²) in [6.07, 6.45) is 5.05. The van der Waals surface area contributed by atoms with E-state index in [-0.39, 0.29) is 0 Å². The summed E-state index contributed by atoms with van der Waals surface area (Å²) in [5, 5.41) is 0.647. The molecule has 0 saturated heterocycles. The molecule has 0 bridgehead atoms. The van der Waals surface area contributed by atoms with Gasteiger partial charge in [0.25, 0.3) is 0 Å². The largest absolute Gasteiger partial charge is 0.0847 e. The molecule has 0 aliphatic carbocycles. The fourth-order valence-corrected chi connectivity index (χ4v) is 0.919.